The fourth-order valence-corrected chi connectivity index (χ4v) is 1.58. The molecule has 0 aromatic heterocycles. The zero-order valence-corrected chi connectivity index (χ0v) is 11.9. The second kappa shape index (κ2) is 9.30. The van der Waals surface area contributed by atoms with Gasteiger partial charge in [-0.2, -0.15) is 0 Å². The van der Waals surface area contributed by atoms with E-state index in [4.69, 9.17) is 0 Å². The van der Waals surface area contributed by atoms with Crippen molar-refractivity contribution in [3.63, 3.8) is 0 Å². The summed E-state index contributed by atoms with van der Waals surface area (Å²) in [5, 5.41) is 24.9. The highest BCUT2D eigenvalue weighted by molar-refractivity contribution is 5.82. The van der Waals surface area contributed by atoms with E-state index < -0.39 is 18.2 Å². The average molecular weight is 260 g/mol. The first kappa shape index (κ1) is 17.4. The van der Waals surface area contributed by atoms with Crippen LogP contribution in [0.2, 0.25) is 0 Å². The van der Waals surface area contributed by atoms with Crippen LogP contribution in [-0.4, -0.2) is 47.5 Å². The van der Waals surface area contributed by atoms with Crippen LogP contribution in [0.4, 0.5) is 0 Å². The van der Waals surface area contributed by atoms with E-state index in [0.29, 0.717) is 25.4 Å². The first-order chi connectivity index (χ1) is 8.38. The van der Waals surface area contributed by atoms with Crippen LogP contribution in [0.25, 0.3) is 0 Å². The molecule has 0 saturated carbocycles. The third-order valence-electron chi connectivity index (χ3n) is 2.57. The fraction of sp³-hybridized carbons (Fsp3) is 0.923. The largest absolute Gasteiger partial charge is 0.392 e. The maximum atomic E-state index is 12.0. The maximum absolute atomic E-state index is 12.0. The predicted molar refractivity (Wildman–Crippen MR) is 72.2 cm³/mol. The van der Waals surface area contributed by atoms with Crippen LogP contribution in [0, 0.1) is 5.92 Å². The second-order valence-electron chi connectivity index (χ2n) is 5.23. The van der Waals surface area contributed by atoms with E-state index >= 15 is 0 Å². The Morgan fingerprint density at radius 1 is 1.17 bits per heavy atom. The molecule has 5 heteroatoms. The summed E-state index contributed by atoms with van der Waals surface area (Å²) in [6.07, 6.45) is 0.109. The number of hydrogen-bond donors (Lipinski definition) is 4. The van der Waals surface area contributed by atoms with Gasteiger partial charge < -0.3 is 20.8 Å². The van der Waals surface area contributed by atoms with Crippen molar-refractivity contribution >= 4 is 5.91 Å². The minimum Gasteiger partial charge on any atom is -0.392 e. The summed E-state index contributed by atoms with van der Waals surface area (Å²) in [4.78, 5) is 12.0. The third kappa shape index (κ3) is 7.63. The number of hydrogen-bond acceptors (Lipinski definition) is 4. The molecule has 1 amide bonds. The van der Waals surface area contributed by atoms with Crippen LogP contribution < -0.4 is 10.6 Å². The number of aliphatic hydroxyl groups is 2. The lowest BCUT2D eigenvalue weighted by Gasteiger charge is -2.24. The normalized spacial score (nSPS) is 16.4. The number of carbonyl (C=O) groups is 1. The van der Waals surface area contributed by atoms with Crippen molar-refractivity contribution in [2.24, 2.45) is 5.92 Å². The van der Waals surface area contributed by atoms with Gasteiger partial charge in [0.2, 0.25) is 5.91 Å². The van der Waals surface area contributed by atoms with Gasteiger partial charge in [0.05, 0.1) is 12.2 Å². The van der Waals surface area contributed by atoms with Crippen LogP contribution in [0.1, 0.15) is 40.5 Å². The molecule has 0 spiro atoms. The topological polar surface area (TPSA) is 81.6 Å². The minimum absolute atomic E-state index is 0.203. The summed E-state index contributed by atoms with van der Waals surface area (Å²) in [5.74, 6) is 0.167. The standard InChI is InChI=1S/C13H28N2O3/c1-5-6-11(17)12(14-8-10(4)16)13(18)15-7-9(2)3/h9-12,14,16-17H,5-8H2,1-4H3,(H,15,18)/t10-,11-,12-/m0/s1. The summed E-state index contributed by atoms with van der Waals surface area (Å²) < 4.78 is 0. The van der Waals surface area contributed by atoms with E-state index in [9.17, 15) is 15.0 Å². The van der Waals surface area contributed by atoms with Gasteiger partial charge in [-0.25, -0.2) is 0 Å². The summed E-state index contributed by atoms with van der Waals surface area (Å²) in [5.41, 5.74) is 0. The molecule has 0 aromatic rings. The first-order valence-electron chi connectivity index (χ1n) is 6.75. The van der Waals surface area contributed by atoms with Gasteiger partial charge in [0.25, 0.3) is 0 Å². The molecule has 0 heterocycles. The van der Waals surface area contributed by atoms with Crippen LogP contribution in [0.3, 0.4) is 0 Å². The molecular formula is C13H28N2O3. The fourth-order valence-electron chi connectivity index (χ4n) is 1.58. The van der Waals surface area contributed by atoms with Gasteiger partial charge in [-0.3, -0.25) is 4.79 Å². The van der Waals surface area contributed by atoms with Crippen molar-refractivity contribution < 1.29 is 15.0 Å². The summed E-state index contributed by atoms with van der Waals surface area (Å²) in [6.45, 7) is 8.51. The molecule has 0 bridgehead atoms. The summed E-state index contributed by atoms with van der Waals surface area (Å²) >= 11 is 0. The highest BCUT2D eigenvalue weighted by atomic mass is 16.3. The molecule has 0 radical (unpaired) electrons. The Balaban J connectivity index is 4.38. The number of carbonyl (C=O) groups excluding carboxylic acids is 1. The summed E-state index contributed by atoms with van der Waals surface area (Å²) in [7, 11) is 0. The molecule has 4 N–H and O–H groups in total. The lowest BCUT2D eigenvalue weighted by molar-refractivity contribution is -0.126. The van der Waals surface area contributed by atoms with Crippen molar-refractivity contribution in [2.45, 2.75) is 58.8 Å². The first-order valence-corrected chi connectivity index (χ1v) is 6.75. The molecule has 5 nitrogen and oxygen atoms in total. The second-order valence-corrected chi connectivity index (χ2v) is 5.23. The molecule has 0 aromatic carbocycles. The van der Waals surface area contributed by atoms with Crippen LogP contribution in [0.5, 0.6) is 0 Å². The molecule has 18 heavy (non-hydrogen) atoms. The van der Waals surface area contributed by atoms with Gasteiger partial charge in [0, 0.05) is 13.1 Å². The van der Waals surface area contributed by atoms with Crippen molar-refractivity contribution in [3.05, 3.63) is 0 Å². The highest BCUT2D eigenvalue weighted by Crippen LogP contribution is 2.03. The van der Waals surface area contributed by atoms with Crippen molar-refractivity contribution in [2.75, 3.05) is 13.1 Å². The van der Waals surface area contributed by atoms with Crippen LogP contribution >= 0.6 is 0 Å². The molecule has 0 aliphatic rings. The van der Waals surface area contributed by atoms with E-state index in [1.165, 1.54) is 0 Å². The van der Waals surface area contributed by atoms with Gasteiger partial charge >= 0.3 is 0 Å². The number of nitrogens with one attached hydrogen (secondary N) is 2. The quantitative estimate of drug-likeness (QED) is 0.479. The zero-order valence-electron chi connectivity index (χ0n) is 11.9. The average Bonchev–Trinajstić information content (AvgIpc) is 2.26. The molecule has 0 fully saturated rings. The summed E-state index contributed by atoms with van der Waals surface area (Å²) in [6, 6.07) is -0.654. The molecule has 0 aliphatic heterocycles. The Hall–Kier alpha value is -0.650. The SMILES string of the molecule is CCC[C@H](O)[C@H](NC[C@H](C)O)C(=O)NCC(C)C. The monoisotopic (exact) mass is 260 g/mol. The predicted octanol–water partition coefficient (Wildman–Crippen LogP) is 0.259. The molecule has 0 unspecified atom stereocenters. The van der Waals surface area contributed by atoms with E-state index in [1.807, 2.05) is 20.8 Å². The van der Waals surface area contributed by atoms with Crippen LogP contribution in [0.15, 0.2) is 0 Å². The Morgan fingerprint density at radius 3 is 2.22 bits per heavy atom. The van der Waals surface area contributed by atoms with E-state index in [1.54, 1.807) is 6.92 Å². The zero-order chi connectivity index (χ0) is 14.1. The van der Waals surface area contributed by atoms with E-state index in [-0.39, 0.29) is 5.91 Å². The van der Waals surface area contributed by atoms with Gasteiger partial charge in [0.15, 0.2) is 0 Å². The number of amides is 1. The molecular weight excluding hydrogens is 232 g/mol. The van der Waals surface area contributed by atoms with E-state index in [0.717, 1.165) is 6.42 Å². The highest BCUT2D eigenvalue weighted by Gasteiger charge is 2.25. The van der Waals surface area contributed by atoms with Gasteiger partial charge in [0.1, 0.15) is 6.04 Å². The Kier molecular flexibility index (Phi) is 8.97. The van der Waals surface area contributed by atoms with Crippen molar-refractivity contribution in [3.8, 4) is 0 Å². The Morgan fingerprint density at radius 2 is 1.78 bits per heavy atom. The lowest BCUT2D eigenvalue weighted by Crippen LogP contribution is -2.53. The lowest BCUT2D eigenvalue weighted by atomic mass is 10.0. The van der Waals surface area contributed by atoms with Crippen LogP contribution in [-0.2, 0) is 4.79 Å². The smallest absolute Gasteiger partial charge is 0.239 e. The molecule has 0 saturated heterocycles. The van der Waals surface area contributed by atoms with Gasteiger partial charge in [-0.15, -0.1) is 0 Å². The van der Waals surface area contributed by atoms with E-state index in [2.05, 4.69) is 10.6 Å². The molecule has 0 rings (SSSR count). The third-order valence-corrected chi connectivity index (χ3v) is 2.57. The number of rotatable bonds is 9. The number of aliphatic hydroxyl groups excluding tert-OH is 2. The minimum atomic E-state index is -0.721. The van der Waals surface area contributed by atoms with Gasteiger partial charge in [-0.1, -0.05) is 27.2 Å². The Labute approximate surface area is 110 Å². The molecule has 108 valence electrons. The molecule has 3 atom stereocenters. The Bertz CT molecular complexity index is 232. The van der Waals surface area contributed by atoms with Gasteiger partial charge in [-0.05, 0) is 19.3 Å². The van der Waals surface area contributed by atoms with Crippen molar-refractivity contribution in [1.29, 1.82) is 0 Å². The maximum Gasteiger partial charge on any atom is 0.239 e. The molecule has 0 aliphatic carbocycles. The van der Waals surface area contributed by atoms with Crippen molar-refractivity contribution in [1.82, 2.24) is 10.6 Å².